The number of nitrogen functional groups attached to an aromatic ring is 1. The second kappa shape index (κ2) is 4.97. The molecule has 4 N–H and O–H groups in total. The van der Waals surface area contributed by atoms with Crippen LogP contribution in [0.3, 0.4) is 0 Å². The maximum absolute atomic E-state index is 11.9. The number of carboxylic acid groups (broad SMARTS) is 1. The molecular formula is C12H13BrN2O3. The van der Waals surface area contributed by atoms with Crippen LogP contribution in [0.4, 0.5) is 5.69 Å². The lowest BCUT2D eigenvalue weighted by atomic mass is 10.1. The number of amides is 1. The quantitative estimate of drug-likeness (QED) is 0.737. The lowest BCUT2D eigenvalue weighted by Crippen LogP contribution is -2.42. The normalized spacial score (nSPS) is 16.1. The summed E-state index contributed by atoms with van der Waals surface area (Å²) in [6.07, 6.45) is 1.70. The van der Waals surface area contributed by atoms with Gasteiger partial charge in [-0.1, -0.05) is 0 Å². The molecule has 1 aliphatic carbocycles. The van der Waals surface area contributed by atoms with Crippen LogP contribution in [-0.4, -0.2) is 23.0 Å². The highest BCUT2D eigenvalue weighted by molar-refractivity contribution is 9.10. The molecule has 1 atom stereocenters. The van der Waals surface area contributed by atoms with Gasteiger partial charge in [0.05, 0.1) is 0 Å². The van der Waals surface area contributed by atoms with Gasteiger partial charge in [0.25, 0.3) is 5.91 Å². The number of carbonyl (C=O) groups excluding carboxylic acids is 1. The van der Waals surface area contributed by atoms with E-state index in [2.05, 4.69) is 21.2 Å². The van der Waals surface area contributed by atoms with Crippen molar-refractivity contribution >= 4 is 33.5 Å². The van der Waals surface area contributed by atoms with Gasteiger partial charge in [-0.05, 0) is 52.9 Å². The number of nitrogens with one attached hydrogen (secondary N) is 1. The molecule has 2 rings (SSSR count). The monoisotopic (exact) mass is 312 g/mol. The molecule has 0 radical (unpaired) electrons. The molecule has 6 heteroatoms. The number of carbonyl (C=O) groups is 2. The summed E-state index contributed by atoms with van der Waals surface area (Å²) in [5.74, 6) is -1.32. The standard InChI is InChI=1S/C12H13BrN2O3/c13-8-5-7(3-4-9(8)14)11(16)15-10(12(17)18)6-1-2-6/h3-6,10H,1-2,14H2,(H,15,16)(H,17,18). The zero-order chi connectivity index (χ0) is 13.3. The van der Waals surface area contributed by atoms with Gasteiger partial charge in [-0.2, -0.15) is 0 Å². The molecule has 0 heterocycles. The number of rotatable bonds is 4. The lowest BCUT2D eigenvalue weighted by molar-refractivity contribution is -0.139. The largest absolute Gasteiger partial charge is 0.480 e. The predicted molar refractivity (Wildman–Crippen MR) is 70.2 cm³/mol. The Bertz CT molecular complexity index is 500. The summed E-state index contributed by atoms with van der Waals surface area (Å²) in [5, 5.41) is 11.6. The second-order valence-corrected chi connectivity index (χ2v) is 5.22. The van der Waals surface area contributed by atoms with Gasteiger partial charge < -0.3 is 16.2 Å². The molecule has 1 amide bonds. The van der Waals surface area contributed by atoms with E-state index in [4.69, 9.17) is 10.8 Å². The van der Waals surface area contributed by atoms with Crippen molar-refractivity contribution in [3.63, 3.8) is 0 Å². The molecule has 1 aromatic carbocycles. The van der Waals surface area contributed by atoms with Gasteiger partial charge >= 0.3 is 5.97 Å². The molecule has 1 fully saturated rings. The van der Waals surface area contributed by atoms with Gasteiger partial charge in [-0.3, -0.25) is 4.79 Å². The molecule has 1 aromatic rings. The molecule has 96 valence electrons. The van der Waals surface area contributed by atoms with E-state index in [0.29, 0.717) is 15.7 Å². The zero-order valence-electron chi connectivity index (χ0n) is 9.52. The Kier molecular flexibility index (Phi) is 3.56. The van der Waals surface area contributed by atoms with E-state index in [0.717, 1.165) is 12.8 Å². The van der Waals surface area contributed by atoms with Crippen molar-refractivity contribution in [3.8, 4) is 0 Å². The van der Waals surface area contributed by atoms with Gasteiger partial charge in [0.15, 0.2) is 0 Å². The Labute approximate surface area is 112 Å². The number of carboxylic acids is 1. The molecule has 0 aliphatic heterocycles. The first kappa shape index (κ1) is 12.9. The Morgan fingerprint density at radius 3 is 2.61 bits per heavy atom. The summed E-state index contributed by atoms with van der Waals surface area (Å²) in [7, 11) is 0. The number of nitrogens with two attached hydrogens (primary N) is 1. The van der Waals surface area contributed by atoms with E-state index >= 15 is 0 Å². The zero-order valence-corrected chi connectivity index (χ0v) is 11.1. The number of hydrogen-bond donors (Lipinski definition) is 3. The Morgan fingerprint density at radius 1 is 1.44 bits per heavy atom. The molecule has 1 unspecified atom stereocenters. The summed E-state index contributed by atoms with van der Waals surface area (Å²) in [6, 6.07) is 3.96. The maximum atomic E-state index is 11.9. The van der Waals surface area contributed by atoms with Crippen molar-refractivity contribution in [1.29, 1.82) is 0 Å². The summed E-state index contributed by atoms with van der Waals surface area (Å²) in [5.41, 5.74) is 6.55. The van der Waals surface area contributed by atoms with Gasteiger partial charge in [-0.15, -0.1) is 0 Å². The molecule has 0 bridgehead atoms. The van der Waals surface area contributed by atoms with Crippen LogP contribution < -0.4 is 11.1 Å². The van der Waals surface area contributed by atoms with Crippen molar-refractivity contribution in [2.75, 3.05) is 5.73 Å². The average Bonchev–Trinajstić information content (AvgIpc) is 3.13. The van der Waals surface area contributed by atoms with Crippen molar-refractivity contribution < 1.29 is 14.7 Å². The highest BCUT2D eigenvalue weighted by Gasteiger charge is 2.37. The molecule has 18 heavy (non-hydrogen) atoms. The smallest absolute Gasteiger partial charge is 0.326 e. The van der Waals surface area contributed by atoms with Crippen LogP contribution >= 0.6 is 15.9 Å². The van der Waals surface area contributed by atoms with E-state index in [-0.39, 0.29) is 5.92 Å². The van der Waals surface area contributed by atoms with Crippen LogP contribution in [0.15, 0.2) is 22.7 Å². The third-order valence-corrected chi connectivity index (χ3v) is 3.60. The minimum atomic E-state index is -0.986. The van der Waals surface area contributed by atoms with Crippen molar-refractivity contribution in [2.24, 2.45) is 5.92 Å². The fourth-order valence-electron chi connectivity index (χ4n) is 1.70. The molecule has 5 nitrogen and oxygen atoms in total. The molecule has 0 saturated heterocycles. The summed E-state index contributed by atoms with van der Waals surface area (Å²) in [6.45, 7) is 0. The van der Waals surface area contributed by atoms with Crippen molar-refractivity contribution in [3.05, 3.63) is 28.2 Å². The van der Waals surface area contributed by atoms with E-state index in [1.165, 1.54) is 0 Å². The molecule has 1 aliphatic rings. The highest BCUT2D eigenvalue weighted by Crippen LogP contribution is 2.33. The van der Waals surface area contributed by atoms with Crippen LogP contribution in [0.1, 0.15) is 23.2 Å². The minimum Gasteiger partial charge on any atom is -0.480 e. The van der Waals surface area contributed by atoms with Crippen LogP contribution in [0.2, 0.25) is 0 Å². The number of benzene rings is 1. The first-order valence-corrected chi connectivity index (χ1v) is 6.37. The van der Waals surface area contributed by atoms with Crippen LogP contribution in [0, 0.1) is 5.92 Å². The average molecular weight is 313 g/mol. The van der Waals surface area contributed by atoms with Gasteiger partial charge in [0.2, 0.25) is 0 Å². The SMILES string of the molecule is Nc1ccc(C(=O)NC(C(=O)O)C2CC2)cc1Br. The van der Waals surface area contributed by atoms with Crippen LogP contribution in [0.25, 0.3) is 0 Å². The Hall–Kier alpha value is -1.56. The molecule has 1 saturated carbocycles. The van der Waals surface area contributed by atoms with Gasteiger partial charge in [0, 0.05) is 15.7 Å². The fourth-order valence-corrected chi connectivity index (χ4v) is 2.08. The highest BCUT2D eigenvalue weighted by atomic mass is 79.9. The third kappa shape index (κ3) is 2.81. The first-order valence-electron chi connectivity index (χ1n) is 5.57. The Morgan fingerprint density at radius 2 is 2.11 bits per heavy atom. The molecular weight excluding hydrogens is 300 g/mol. The predicted octanol–water partition coefficient (Wildman–Crippen LogP) is 1.62. The maximum Gasteiger partial charge on any atom is 0.326 e. The third-order valence-electron chi connectivity index (χ3n) is 2.91. The number of aliphatic carboxylic acids is 1. The van der Waals surface area contributed by atoms with E-state index < -0.39 is 17.9 Å². The number of halogens is 1. The lowest BCUT2D eigenvalue weighted by Gasteiger charge is -2.13. The van der Waals surface area contributed by atoms with Crippen molar-refractivity contribution in [2.45, 2.75) is 18.9 Å². The Balaban J connectivity index is 2.10. The van der Waals surface area contributed by atoms with Crippen LogP contribution in [0.5, 0.6) is 0 Å². The molecule has 0 aromatic heterocycles. The molecule has 0 spiro atoms. The first-order chi connectivity index (χ1) is 8.49. The van der Waals surface area contributed by atoms with Crippen LogP contribution in [-0.2, 0) is 4.79 Å². The van der Waals surface area contributed by atoms with E-state index in [1.54, 1.807) is 18.2 Å². The van der Waals surface area contributed by atoms with Gasteiger partial charge in [-0.25, -0.2) is 4.79 Å². The van der Waals surface area contributed by atoms with E-state index in [1.807, 2.05) is 0 Å². The topological polar surface area (TPSA) is 92.4 Å². The summed E-state index contributed by atoms with van der Waals surface area (Å²) < 4.78 is 0.619. The fraction of sp³-hybridized carbons (Fsp3) is 0.333. The second-order valence-electron chi connectivity index (χ2n) is 4.36. The minimum absolute atomic E-state index is 0.0590. The van der Waals surface area contributed by atoms with Crippen molar-refractivity contribution in [1.82, 2.24) is 5.32 Å². The summed E-state index contributed by atoms with van der Waals surface area (Å²) in [4.78, 5) is 22.9. The van der Waals surface area contributed by atoms with E-state index in [9.17, 15) is 9.59 Å². The number of hydrogen-bond acceptors (Lipinski definition) is 3. The summed E-state index contributed by atoms with van der Waals surface area (Å²) >= 11 is 3.23. The van der Waals surface area contributed by atoms with Gasteiger partial charge in [0.1, 0.15) is 6.04 Å². The number of anilines is 1.